The van der Waals surface area contributed by atoms with Crippen LogP contribution in [0.5, 0.6) is 0 Å². The van der Waals surface area contributed by atoms with Crippen molar-refractivity contribution in [3.63, 3.8) is 0 Å². The van der Waals surface area contributed by atoms with E-state index in [0.29, 0.717) is 12.5 Å². The number of benzene rings is 3. The highest BCUT2D eigenvalue weighted by Gasteiger charge is 2.22. The zero-order valence-electron chi connectivity index (χ0n) is 23.5. The fourth-order valence-corrected chi connectivity index (χ4v) is 6.96. The first-order valence-corrected chi connectivity index (χ1v) is 15.0. The zero-order valence-corrected chi connectivity index (χ0v) is 23.5. The van der Waals surface area contributed by atoms with Gasteiger partial charge in [0.05, 0.1) is 29.5 Å². The molecular formula is C38H32N4. The first-order chi connectivity index (χ1) is 20.8. The number of hydrogen-bond acceptors (Lipinski definition) is 3. The van der Waals surface area contributed by atoms with Crippen LogP contribution in [0.25, 0.3) is 38.2 Å². The van der Waals surface area contributed by atoms with Crippen LogP contribution < -0.4 is 0 Å². The number of hydrogen-bond donors (Lipinski definition) is 0. The molecule has 204 valence electrons. The summed E-state index contributed by atoms with van der Waals surface area (Å²) in [5, 5.41) is 5.23. The number of rotatable bonds is 4. The summed E-state index contributed by atoms with van der Waals surface area (Å²) in [7, 11) is 0. The molecule has 0 fully saturated rings. The number of nitrogens with zero attached hydrogens (tertiary/aromatic N) is 4. The minimum Gasteiger partial charge on any atom is -0.332 e. The molecule has 0 spiro atoms. The van der Waals surface area contributed by atoms with Crippen molar-refractivity contribution in [2.45, 2.75) is 37.6 Å². The monoisotopic (exact) mass is 544 g/mol. The fraction of sp³-hybridized carbons (Fsp3) is 0.184. The molecule has 2 unspecified atom stereocenters. The summed E-state index contributed by atoms with van der Waals surface area (Å²) in [4.78, 5) is 13.9. The molecule has 0 saturated carbocycles. The summed E-state index contributed by atoms with van der Waals surface area (Å²) in [6.07, 6.45) is 17.2. The van der Waals surface area contributed by atoms with Crippen molar-refractivity contribution in [3.05, 3.63) is 139 Å². The first kappa shape index (κ1) is 24.9. The molecule has 3 aromatic carbocycles. The number of dihydropyridines is 1. The van der Waals surface area contributed by atoms with Crippen molar-refractivity contribution < 1.29 is 0 Å². The molecule has 1 aliphatic carbocycles. The Morgan fingerprint density at radius 1 is 0.810 bits per heavy atom. The Bertz CT molecular complexity index is 2010. The predicted molar refractivity (Wildman–Crippen MR) is 174 cm³/mol. The maximum atomic E-state index is 4.98. The first-order valence-electron chi connectivity index (χ1n) is 15.0. The molecule has 0 N–H and O–H groups in total. The van der Waals surface area contributed by atoms with Gasteiger partial charge in [-0.2, -0.15) is 0 Å². The smallest absolute Gasteiger partial charge is 0.0881 e. The van der Waals surface area contributed by atoms with Crippen molar-refractivity contribution in [1.29, 1.82) is 0 Å². The van der Waals surface area contributed by atoms with Crippen LogP contribution in [0.3, 0.4) is 0 Å². The highest BCUT2D eigenvalue weighted by atomic mass is 15.0. The van der Waals surface area contributed by atoms with Gasteiger partial charge < -0.3 is 4.57 Å². The predicted octanol–water partition coefficient (Wildman–Crippen LogP) is 9.08. The second kappa shape index (κ2) is 10.5. The second-order valence-electron chi connectivity index (χ2n) is 11.5. The summed E-state index contributed by atoms with van der Waals surface area (Å²) in [6.45, 7) is 0.691. The molecule has 0 radical (unpaired) electrons. The van der Waals surface area contributed by atoms with Crippen LogP contribution in [0.2, 0.25) is 0 Å². The quantitative estimate of drug-likeness (QED) is 0.222. The Kier molecular flexibility index (Phi) is 6.25. The summed E-state index contributed by atoms with van der Waals surface area (Å²) in [5.74, 6) is 0.542. The Morgan fingerprint density at radius 3 is 2.60 bits per heavy atom. The van der Waals surface area contributed by atoms with Gasteiger partial charge in [-0.15, -0.1) is 0 Å². The molecule has 1 aliphatic heterocycles. The van der Waals surface area contributed by atoms with Gasteiger partial charge in [0.25, 0.3) is 0 Å². The van der Waals surface area contributed by atoms with Crippen LogP contribution in [0.1, 0.15) is 54.5 Å². The lowest BCUT2D eigenvalue weighted by Crippen LogP contribution is -2.16. The minimum atomic E-state index is 0.141. The van der Waals surface area contributed by atoms with E-state index in [1.165, 1.54) is 62.1 Å². The number of allylic oxidation sites excluding steroid dienone is 3. The zero-order chi connectivity index (χ0) is 27.9. The fourth-order valence-electron chi connectivity index (χ4n) is 6.96. The van der Waals surface area contributed by atoms with E-state index in [9.17, 15) is 0 Å². The molecule has 6 aromatic rings. The van der Waals surface area contributed by atoms with Gasteiger partial charge in [0, 0.05) is 34.9 Å². The Balaban J connectivity index is 1.23. The van der Waals surface area contributed by atoms with Gasteiger partial charge in [-0.1, -0.05) is 60.7 Å². The molecule has 42 heavy (non-hydrogen) atoms. The van der Waals surface area contributed by atoms with Crippen molar-refractivity contribution >= 4 is 43.9 Å². The summed E-state index contributed by atoms with van der Waals surface area (Å²) < 4.78 is 2.50. The van der Waals surface area contributed by atoms with Crippen molar-refractivity contribution in [3.8, 4) is 0 Å². The van der Waals surface area contributed by atoms with Gasteiger partial charge in [0.2, 0.25) is 0 Å². The van der Waals surface area contributed by atoms with Gasteiger partial charge in [-0.25, -0.2) is 0 Å². The molecule has 0 amide bonds. The SMILES string of the molecule is C1=CC(n2c3ccc(C4=CCC(c5cccnc5)CCC4)cc3c3c4ccccc4ccc32)CN=C1c1ccccn1. The standard InChI is InChI=1S/C38H32N4/c1-2-11-32-28(7-1)15-20-37-38(32)33-23-29(26-8-5-9-27(14-13-26)30-10-6-21-39-24-30)16-19-36(33)42(37)31-17-18-35(41-25-31)34-12-3-4-22-40-34/h1-4,6-7,10-13,15-24,27,31H,5,8-9,14,25H2. The summed E-state index contributed by atoms with van der Waals surface area (Å²) in [5.41, 5.74) is 8.56. The average Bonchev–Trinajstić information content (AvgIpc) is 3.20. The van der Waals surface area contributed by atoms with Gasteiger partial charge in [0.1, 0.15) is 0 Å². The van der Waals surface area contributed by atoms with E-state index in [1.807, 2.05) is 36.8 Å². The maximum absolute atomic E-state index is 4.98. The third kappa shape index (κ3) is 4.35. The highest BCUT2D eigenvalue weighted by molar-refractivity contribution is 6.21. The molecular weight excluding hydrogens is 512 g/mol. The van der Waals surface area contributed by atoms with Gasteiger partial charge in [-0.05, 0) is 102 Å². The average molecular weight is 545 g/mol. The van der Waals surface area contributed by atoms with E-state index >= 15 is 0 Å². The highest BCUT2D eigenvalue weighted by Crippen LogP contribution is 2.40. The third-order valence-corrected chi connectivity index (χ3v) is 9.05. The van der Waals surface area contributed by atoms with E-state index in [-0.39, 0.29) is 6.04 Å². The molecule has 8 rings (SSSR count). The van der Waals surface area contributed by atoms with Crippen LogP contribution >= 0.6 is 0 Å². The van der Waals surface area contributed by atoms with Crippen molar-refractivity contribution in [1.82, 2.24) is 14.5 Å². The van der Waals surface area contributed by atoms with Gasteiger partial charge >= 0.3 is 0 Å². The number of aromatic nitrogens is 3. The minimum absolute atomic E-state index is 0.141. The van der Waals surface area contributed by atoms with Crippen LogP contribution in [-0.4, -0.2) is 26.8 Å². The Hall–Kier alpha value is -4.83. The molecule has 2 atom stereocenters. The number of pyridine rings is 2. The van der Waals surface area contributed by atoms with Crippen LogP contribution in [0.4, 0.5) is 0 Å². The Morgan fingerprint density at radius 2 is 1.74 bits per heavy atom. The maximum Gasteiger partial charge on any atom is 0.0881 e. The van der Waals surface area contributed by atoms with Crippen molar-refractivity contribution in [2.24, 2.45) is 4.99 Å². The number of fused-ring (bicyclic) bond motifs is 5. The summed E-state index contributed by atoms with van der Waals surface area (Å²) in [6, 6.07) is 30.9. The van der Waals surface area contributed by atoms with Gasteiger partial charge in [0.15, 0.2) is 0 Å². The lowest BCUT2D eigenvalue weighted by molar-refractivity contribution is 0.617. The largest absolute Gasteiger partial charge is 0.332 e. The molecule has 4 heteroatoms. The Labute approximate surface area is 245 Å². The van der Waals surface area contributed by atoms with Crippen molar-refractivity contribution in [2.75, 3.05) is 6.54 Å². The van der Waals surface area contributed by atoms with E-state index in [0.717, 1.165) is 24.2 Å². The van der Waals surface area contributed by atoms with E-state index in [2.05, 4.69) is 99.5 Å². The van der Waals surface area contributed by atoms with E-state index < -0.39 is 0 Å². The number of aliphatic imine (C=N–C) groups is 1. The van der Waals surface area contributed by atoms with E-state index in [4.69, 9.17) is 4.99 Å². The molecule has 4 nitrogen and oxygen atoms in total. The van der Waals surface area contributed by atoms with Crippen LogP contribution in [0.15, 0.2) is 127 Å². The molecule has 2 aliphatic rings. The van der Waals surface area contributed by atoms with Crippen LogP contribution in [0, 0.1) is 0 Å². The topological polar surface area (TPSA) is 43.1 Å². The molecule has 0 saturated heterocycles. The molecule has 0 bridgehead atoms. The second-order valence-corrected chi connectivity index (χ2v) is 11.5. The van der Waals surface area contributed by atoms with Crippen LogP contribution in [-0.2, 0) is 0 Å². The molecule has 3 aromatic heterocycles. The normalized spacial score (nSPS) is 19.1. The third-order valence-electron chi connectivity index (χ3n) is 9.05. The summed E-state index contributed by atoms with van der Waals surface area (Å²) >= 11 is 0. The molecule has 4 heterocycles. The lowest BCUT2D eigenvalue weighted by atomic mass is 9.94. The lowest BCUT2D eigenvalue weighted by Gasteiger charge is -2.20. The van der Waals surface area contributed by atoms with Gasteiger partial charge in [-0.3, -0.25) is 15.0 Å². The van der Waals surface area contributed by atoms with E-state index in [1.54, 1.807) is 0 Å².